The zero-order valence-corrected chi connectivity index (χ0v) is 23.8. The minimum atomic E-state index is -1.94. The molecule has 4 atom stereocenters. The first-order chi connectivity index (χ1) is 17.7. The summed E-state index contributed by atoms with van der Waals surface area (Å²) < 4.78 is 5.65. The second-order valence-electron chi connectivity index (χ2n) is 11.6. The van der Waals surface area contributed by atoms with Gasteiger partial charge in [0.1, 0.15) is 0 Å². The van der Waals surface area contributed by atoms with E-state index in [1.165, 1.54) is 41.5 Å². The fourth-order valence-corrected chi connectivity index (χ4v) is 18.3. The number of hydrogen-bond acceptors (Lipinski definition) is 0. The molecule has 3 aromatic rings. The van der Waals surface area contributed by atoms with Gasteiger partial charge >= 0.3 is 223 Å². The zero-order valence-electron chi connectivity index (χ0n) is 22.2. The van der Waals surface area contributed by atoms with Crippen LogP contribution in [0.1, 0.15) is 74.1 Å². The van der Waals surface area contributed by atoms with Gasteiger partial charge in [-0.2, -0.15) is 0 Å². The van der Waals surface area contributed by atoms with Crippen molar-refractivity contribution in [3.05, 3.63) is 107 Å². The van der Waals surface area contributed by atoms with Gasteiger partial charge in [-0.1, -0.05) is 0 Å². The second kappa shape index (κ2) is 9.96. The van der Waals surface area contributed by atoms with Crippen molar-refractivity contribution >= 4 is 12.2 Å². The monoisotopic (exact) mass is 508 g/mol. The van der Waals surface area contributed by atoms with Crippen molar-refractivity contribution < 1.29 is 16.6 Å². The van der Waals surface area contributed by atoms with Crippen LogP contribution in [-0.2, 0) is 16.6 Å². The molecule has 0 radical (unpaired) electrons. The van der Waals surface area contributed by atoms with E-state index < -0.39 is 16.6 Å². The third-order valence-corrected chi connectivity index (χ3v) is 17.9. The Hall–Kier alpha value is -2.15. The molecule has 0 spiro atoms. The van der Waals surface area contributed by atoms with E-state index in [-0.39, 0.29) is 0 Å². The first kappa shape index (κ1) is 24.2. The van der Waals surface area contributed by atoms with E-state index in [9.17, 15) is 0 Å². The molecule has 2 aliphatic carbocycles. The summed E-state index contributed by atoms with van der Waals surface area (Å²) in [4.78, 5) is 0. The summed E-state index contributed by atoms with van der Waals surface area (Å²) in [6.07, 6.45) is 11.6. The summed E-state index contributed by atoms with van der Waals surface area (Å²) in [5, 5.41) is 0. The van der Waals surface area contributed by atoms with Crippen molar-refractivity contribution in [1.29, 1.82) is 0 Å². The van der Waals surface area contributed by atoms with Crippen molar-refractivity contribution in [1.82, 2.24) is 0 Å². The molecule has 184 valence electrons. The molecule has 0 bridgehead atoms. The fraction of sp³-hybridized carbons (Fsp3) is 0.371. The standard InChI is InChI=1S/C29H27.C4H9.C2H4.Ti/c1-3-21(19-29-20(2)18-23-12-7-8-13-25(23)29)26-16-17-28-24(14-9-15-27(26)28)22-10-5-4-6-11-22;1-3-4-2;1-2;/h4-19,21,26,29H,3H2,1-2H3;1,3-4H2,2H3;1-2H2;. The molecular formula is C35H40Ti. The molecule has 0 N–H and O–H groups in total. The number of unbranched alkanes of at least 4 members (excludes halogenated alkanes) is 1. The number of hydrogen-bond donors (Lipinski definition) is 0. The Kier molecular flexibility index (Phi) is 6.70. The van der Waals surface area contributed by atoms with Crippen LogP contribution in [0, 0.1) is 5.92 Å². The number of rotatable bonds is 9. The van der Waals surface area contributed by atoms with Crippen molar-refractivity contribution in [2.45, 2.75) is 70.3 Å². The third kappa shape index (κ3) is 4.11. The molecule has 1 fully saturated rings. The van der Waals surface area contributed by atoms with Gasteiger partial charge in [-0.15, -0.1) is 0 Å². The van der Waals surface area contributed by atoms with Gasteiger partial charge in [0.05, 0.1) is 0 Å². The average Bonchev–Trinajstić information content (AvgIpc) is 3.46. The van der Waals surface area contributed by atoms with E-state index >= 15 is 0 Å². The third-order valence-electron chi connectivity index (χ3n) is 9.64. The summed E-state index contributed by atoms with van der Waals surface area (Å²) in [6.45, 7) is 7.32. The normalized spacial score (nSPS) is 22.6. The SMILES string of the molecule is CCC[CH2][Ti]1([CH](C2C(C)=Cc3ccccc32)C(CC)C2C=Cc3c(-c4ccccc4)cccc32)[CH2][CH2]1. The molecule has 1 aliphatic heterocycles. The van der Waals surface area contributed by atoms with E-state index in [0.29, 0.717) is 11.8 Å². The van der Waals surface area contributed by atoms with Crippen molar-refractivity contribution in [3.63, 3.8) is 0 Å². The summed E-state index contributed by atoms with van der Waals surface area (Å²) in [5.74, 6) is 1.91. The fourth-order valence-electron chi connectivity index (χ4n) is 7.81. The summed E-state index contributed by atoms with van der Waals surface area (Å²) >= 11 is -1.94. The predicted molar refractivity (Wildman–Crippen MR) is 153 cm³/mol. The van der Waals surface area contributed by atoms with Crippen LogP contribution in [0.25, 0.3) is 23.3 Å². The van der Waals surface area contributed by atoms with Gasteiger partial charge in [0.2, 0.25) is 0 Å². The first-order valence-electron chi connectivity index (χ1n) is 14.3. The molecule has 3 aromatic carbocycles. The van der Waals surface area contributed by atoms with Crippen LogP contribution >= 0.6 is 0 Å². The van der Waals surface area contributed by atoms with Crippen LogP contribution in [-0.4, -0.2) is 0 Å². The van der Waals surface area contributed by atoms with Crippen LogP contribution in [0.2, 0.25) is 18.4 Å². The first-order valence-corrected chi connectivity index (χ1v) is 18.5. The predicted octanol–water partition coefficient (Wildman–Crippen LogP) is 10.7. The Morgan fingerprint density at radius 3 is 2.36 bits per heavy atom. The topological polar surface area (TPSA) is 0 Å². The van der Waals surface area contributed by atoms with Crippen molar-refractivity contribution in [3.8, 4) is 11.1 Å². The quantitative estimate of drug-likeness (QED) is 0.252. The second-order valence-corrected chi connectivity index (χ2v) is 19.3. The summed E-state index contributed by atoms with van der Waals surface area (Å²) in [5.41, 5.74) is 10.5. The molecule has 0 aromatic heterocycles. The molecular weight excluding hydrogens is 468 g/mol. The zero-order chi connectivity index (χ0) is 24.7. The van der Waals surface area contributed by atoms with Gasteiger partial charge in [0.15, 0.2) is 0 Å². The maximum absolute atomic E-state index is 2.59. The van der Waals surface area contributed by atoms with Gasteiger partial charge in [0.25, 0.3) is 0 Å². The molecule has 1 saturated heterocycles. The number of benzene rings is 3. The van der Waals surface area contributed by atoms with Crippen LogP contribution in [0.4, 0.5) is 0 Å². The van der Waals surface area contributed by atoms with Gasteiger partial charge in [-0.25, -0.2) is 0 Å². The van der Waals surface area contributed by atoms with Crippen molar-refractivity contribution in [2.75, 3.05) is 0 Å². The Morgan fingerprint density at radius 2 is 1.61 bits per heavy atom. The van der Waals surface area contributed by atoms with Gasteiger partial charge in [0, 0.05) is 0 Å². The Labute approximate surface area is 221 Å². The maximum atomic E-state index is 2.59. The molecule has 1 heterocycles. The van der Waals surface area contributed by atoms with E-state index in [1.807, 2.05) is 0 Å². The molecule has 36 heavy (non-hydrogen) atoms. The van der Waals surface area contributed by atoms with E-state index in [2.05, 4.69) is 112 Å². The van der Waals surface area contributed by atoms with Crippen LogP contribution in [0.15, 0.2) is 84.4 Å². The molecule has 0 amide bonds. The van der Waals surface area contributed by atoms with Crippen LogP contribution < -0.4 is 0 Å². The van der Waals surface area contributed by atoms with Gasteiger partial charge in [-0.05, 0) is 0 Å². The van der Waals surface area contributed by atoms with Gasteiger partial charge < -0.3 is 0 Å². The summed E-state index contributed by atoms with van der Waals surface area (Å²) in [6, 6.07) is 27.4. The van der Waals surface area contributed by atoms with E-state index in [0.717, 1.165) is 10.1 Å². The van der Waals surface area contributed by atoms with Crippen LogP contribution in [0.3, 0.4) is 0 Å². The Balaban J connectivity index is 1.44. The number of allylic oxidation sites excluding steroid dienone is 2. The van der Waals surface area contributed by atoms with Gasteiger partial charge in [-0.3, -0.25) is 0 Å². The minimum absolute atomic E-state index is 0.545. The van der Waals surface area contributed by atoms with E-state index in [4.69, 9.17) is 0 Å². The molecule has 4 unspecified atom stereocenters. The van der Waals surface area contributed by atoms with Crippen LogP contribution in [0.5, 0.6) is 0 Å². The Morgan fingerprint density at radius 1 is 0.861 bits per heavy atom. The molecule has 6 rings (SSSR count). The molecule has 1 heteroatoms. The number of fused-ring (bicyclic) bond motifs is 2. The Bertz CT molecular complexity index is 1290. The van der Waals surface area contributed by atoms with Crippen molar-refractivity contribution in [2.24, 2.45) is 5.92 Å². The molecule has 0 nitrogen and oxygen atoms in total. The molecule has 0 saturated carbocycles. The molecule has 3 aliphatic rings. The average molecular weight is 509 g/mol. The summed E-state index contributed by atoms with van der Waals surface area (Å²) in [7, 11) is 0. The van der Waals surface area contributed by atoms with E-state index in [1.54, 1.807) is 30.9 Å².